The first-order valence-electron chi connectivity index (χ1n) is 17.8. The highest BCUT2D eigenvalue weighted by Crippen LogP contribution is 2.73. The molecule has 5 heteroatoms. The van der Waals surface area contributed by atoms with E-state index in [1.165, 1.54) is 31.3 Å². The van der Waals surface area contributed by atoms with E-state index in [9.17, 15) is 19.8 Å². The Morgan fingerprint density at radius 2 is 1.43 bits per heavy atom. The lowest BCUT2D eigenvalue weighted by Gasteiger charge is -2.68. The van der Waals surface area contributed by atoms with Gasteiger partial charge >= 0.3 is 11.9 Å². The number of carbonyl (C=O) groups is 2. The predicted molar refractivity (Wildman–Crippen MR) is 207 cm³/mol. The van der Waals surface area contributed by atoms with Crippen LogP contribution in [0.4, 0.5) is 0 Å². The van der Waals surface area contributed by atoms with Crippen LogP contribution in [0.25, 0.3) is 5.57 Å². The Hall–Kier alpha value is -3.39. The van der Waals surface area contributed by atoms with Crippen LogP contribution in [0.15, 0.2) is 36.9 Å². The van der Waals surface area contributed by atoms with Crippen molar-refractivity contribution in [3.63, 3.8) is 0 Å². The molecule has 2 N–H and O–H groups in total. The Morgan fingerprint density at radius 3 is 1.96 bits per heavy atom. The second-order valence-corrected chi connectivity index (χ2v) is 15.4. The van der Waals surface area contributed by atoms with Gasteiger partial charge in [0.05, 0.1) is 16.0 Å². The SMILES string of the molecule is C#C.C#C.C#C.C=CC.CC.CC1(C)C(c2ccc(C(=O)O)c(Cl)c2)=CC[C@@]2(C)C1CC[C@@]1(C)C3CC[C@@]4(C(=O)O)CCCC4[C@H]3CCC12. The molecular formula is C44H61ClO4. The second kappa shape index (κ2) is 18.0. The van der Waals surface area contributed by atoms with Crippen molar-refractivity contribution in [3.05, 3.63) is 53.1 Å². The number of rotatable bonds is 3. The van der Waals surface area contributed by atoms with Gasteiger partial charge in [-0.3, -0.25) is 4.79 Å². The van der Waals surface area contributed by atoms with Crippen molar-refractivity contribution in [1.82, 2.24) is 0 Å². The molecule has 0 heterocycles. The first kappa shape index (κ1) is 43.6. The molecule has 6 rings (SSSR count). The number of carboxylic acids is 2. The first-order chi connectivity index (χ1) is 23.3. The van der Waals surface area contributed by atoms with Gasteiger partial charge < -0.3 is 10.2 Å². The molecule has 8 atom stereocenters. The van der Waals surface area contributed by atoms with Crippen molar-refractivity contribution >= 4 is 29.1 Å². The van der Waals surface area contributed by atoms with Gasteiger partial charge in [0.2, 0.25) is 0 Å². The minimum Gasteiger partial charge on any atom is -0.481 e. The molecule has 49 heavy (non-hydrogen) atoms. The van der Waals surface area contributed by atoms with Crippen LogP contribution in [0, 0.1) is 89.8 Å². The number of benzene rings is 1. The largest absolute Gasteiger partial charge is 0.481 e. The van der Waals surface area contributed by atoms with Gasteiger partial charge in [0, 0.05) is 0 Å². The van der Waals surface area contributed by atoms with Crippen molar-refractivity contribution in [3.8, 4) is 38.5 Å². The van der Waals surface area contributed by atoms with E-state index in [4.69, 9.17) is 11.6 Å². The normalized spacial score (nSPS) is 34.0. The summed E-state index contributed by atoms with van der Waals surface area (Å²) < 4.78 is 0. The summed E-state index contributed by atoms with van der Waals surface area (Å²) in [4.78, 5) is 24.0. The maximum absolute atomic E-state index is 12.5. The van der Waals surface area contributed by atoms with Crippen LogP contribution in [0.3, 0.4) is 0 Å². The Balaban J connectivity index is 0.000000989. The van der Waals surface area contributed by atoms with Crippen molar-refractivity contribution in [2.75, 3.05) is 0 Å². The maximum atomic E-state index is 12.5. The van der Waals surface area contributed by atoms with Crippen molar-refractivity contribution in [2.45, 2.75) is 113 Å². The highest BCUT2D eigenvalue weighted by Gasteiger charge is 2.66. The number of allylic oxidation sites excluding steroid dienone is 3. The maximum Gasteiger partial charge on any atom is 0.337 e. The Bertz CT molecular complexity index is 1380. The molecule has 0 saturated heterocycles. The Kier molecular flexibility index (Phi) is 16.0. The molecule has 0 radical (unpaired) electrons. The molecule has 4 fully saturated rings. The van der Waals surface area contributed by atoms with Crippen LogP contribution in [0.2, 0.25) is 5.02 Å². The third kappa shape index (κ3) is 7.54. The number of hydrogen-bond acceptors (Lipinski definition) is 2. The molecule has 4 nitrogen and oxygen atoms in total. The Morgan fingerprint density at radius 1 is 0.837 bits per heavy atom. The molecule has 1 aromatic carbocycles. The summed E-state index contributed by atoms with van der Waals surface area (Å²) in [5, 5.41) is 20.0. The molecule has 5 aliphatic carbocycles. The van der Waals surface area contributed by atoms with E-state index >= 15 is 0 Å². The summed E-state index contributed by atoms with van der Waals surface area (Å²) in [5.74, 6) is 1.25. The molecule has 4 unspecified atom stereocenters. The monoisotopic (exact) mass is 688 g/mol. The van der Waals surface area contributed by atoms with E-state index in [1.54, 1.807) is 12.1 Å². The minimum atomic E-state index is -0.992. The number of carboxylic acid groups (broad SMARTS) is 2. The van der Waals surface area contributed by atoms with Crippen molar-refractivity contribution < 1.29 is 19.8 Å². The highest BCUT2D eigenvalue weighted by atomic mass is 35.5. The van der Waals surface area contributed by atoms with Gasteiger partial charge in [-0.05, 0) is 134 Å². The average molecular weight is 689 g/mol. The fraction of sp³-hybridized carbons (Fsp3) is 0.591. The Labute approximate surface area is 303 Å². The molecule has 1 aromatic rings. The number of terminal acetylenes is 3. The van der Waals surface area contributed by atoms with E-state index in [-0.39, 0.29) is 21.8 Å². The summed E-state index contributed by atoms with van der Waals surface area (Å²) in [5.41, 5.74) is 2.47. The fourth-order valence-corrected chi connectivity index (χ4v) is 11.8. The van der Waals surface area contributed by atoms with E-state index in [0.29, 0.717) is 34.6 Å². The van der Waals surface area contributed by atoms with Gasteiger partial charge in [-0.25, -0.2) is 4.79 Å². The molecule has 4 saturated carbocycles. The minimum absolute atomic E-state index is 0.0459. The molecule has 0 amide bonds. The second-order valence-electron chi connectivity index (χ2n) is 15.0. The standard InChI is InChI=1S/C33H43ClO4.C3H6.C2H6.3C2H2/c1-30(2)22(19-7-8-21(28(35)36)25(34)18-19)11-15-32(4)26(30)13-16-31(3)23-12-17-33(29(37)38)14-5-6-24(33)20(23)9-10-27(31)32;1-3-2;4*1-2/h7-8,11,18,20,23-24,26-27H,5-6,9-10,12-17H2,1-4H3,(H,35,36)(H,37,38);3H,1H2,2H3;1-2H3;3*1-2H/t20-,23?,24?,26?,27?,31-,32-,33-;;;;;/m0...../s1. The summed E-state index contributed by atoms with van der Waals surface area (Å²) in [7, 11) is 0. The third-order valence-electron chi connectivity index (χ3n) is 13.0. The number of aromatic carboxylic acids is 1. The first-order valence-corrected chi connectivity index (χ1v) is 18.2. The third-order valence-corrected chi connectivity index (χ3v) is 13.3. The molecule has 5 aliphatic rings. The lowest BCUT2D eigenvalue weighted by Crippen LogP contribution is -2.61. The van der Waals surface area contributed by atoms with Crippen LogP contribution >= 0.6 is 11.6 Å². The van der Waals surface area contributed by atoms with Gasteiger partial charge in [-0.1, -0.05) is 77.8 Å². The van der Waals surface area contributed by atoms with Gasteiger partial charge in [0.15, 0.2) is 0 Å². The molecule has 0 bridgehead atoms. The van der Waals surface area contributed by atoms with E-state index in [2.05, 4.69) is 78.9 Å². The number of hydrogen-bond donors (Lipinski definition) is 2. The van der Waals surface area contributed by atoms with E-state index in [0.717, 1.165) is 44.1 Å². The zero-order valence-electron chi connectivity index (χ0n) is 31.1. The van der Waals surface area contributed by atoms with E-state index < -0.39 is 17.4 Å². The van der Waals surface area contributed by atoms with Crippen LogP contribution in [-0.4, -0.2) is 22.2 Å². The van der Waals surface area contributed by atoms with Crippen molar-refractivity contribution in [1.29, 1.82) is 0 Å². The summed E-state index contributed by atoms with van der Waals surface area (Å²) in [6, 6.07) is 5.42. The molecular weight excluding hydrogens is 628 g/mol. The topological polar surface area (TPSA) is 74.6 Å². The lowest BCUT2D eigenvalue weighted by atomic mass is 9.36. The van der Waals surface area contributed by atoms with Gasteiger partial charge in [0.1, 0.15) is 0 Å². The fourth-order valence-electron chi connectivity index (χ4n) is 11.5. The molecule has 268 valence electrons. The predicted octanol–water partition coefficient (Wildman–Crippen LogP) is 11.5. The van der Waals surface area contributed by atoms with Crippen LogP contribution in [0.1, 0.15) is 129 Å². The number of aliphatic carboxylic acids is 1. The van der Waals surface area contributed by atoms with Crippen molar-refractivity contribution in [2.24, 2.45) is 51.2 Å². The van der Waals surface area contributed by atoms with Gasteiger partial charge in [-0.15, -0.1) is 45.1 Å². The van der Waals surface area contributed by atoms with Gasteiger partial charge in [-0.2, -0.15) is 0 Å². The van der Waals surface area contributed by atoms with E-state index in [1.807, 2.05) is 32.9 Å². The van der Waals surface area contributed by atoms with Gasteiger partial charge in [0.25, 0.3) is 0 Å². The van der Waals surface area contributed by atoms with Crippen LogP contribution in [-0.2, 0) is 4.79 Å². The number of halogens is 1. The zero-order valence-corrected chi connectivity index (χ0v) is 31.9. The zero-order chi connectivity index (χ0) is 38.0. The average Bonchev–Trinajstić information content (AvgIpc) is 3.55. The molecule has 0 aromatic heterocycles. The quantitative estimate of drug-likeness (QED) is 0.245. The smallest absolute Gasteiger partial charge is 0.337 e. The lowest BCUT2D eigenvalue weighted by molar-refractivity contribution is -0.187. The molecule has 0 aliphatic heterocycles. The summed E-state index contributed by atoms with van der Waals surface area (Å²) >= 11 is 6.40. The van der Waals surface area contributed by atoms with Crippen LogP contribution in [0.5, 0.6) is 0 Å². The number of fused-ring (bicyclic) bond motifs is 7. The summed E-state index contributed by atoms with van der Waals surface area (Å²) in [6.45, 7) is 19.1. The highest BCUT2D eigenvalue weighted by molar-refractivity contribution is 6.33. The summed E-state index contributed by atoms with van der Waals surface area (Å²) in [6.07, 6.45) is 39.1. The molecule has 0 spiro atoms. The van der Waals surface area contributed by atoms with Crippen LogP contribution < -0.4 is 0 Å².